The number of rotatable bonds is 3. The summed E-state index contributed by atoms with van der Waals surface area (Å²) in [6, 6.07) is 5.81. The minimum Gasteiger partial charge on any atom is -0.508 e. The minimum absolute atomic E-state index is 0.0177. The molecule has 4 fully saturated rings. The van der Waals surface area contributed by atoms with Gasteiger partial charge >= 0.3 is 0 Å². The zero-order chi connectivity index (χ0) is 22.6. The van der Waals surface area contributed by atoms with E-state index in [1.54, 1.807) is 0 Å². The van der Waals surface area contributed by atoms with E-state index in [1.807, 2.05) is 12.1 Å². The van der Waals surface area contributed by atoms with Crippen LogP contribution in [0.15, 0.2) is 18.2 Å². The second-order valence-electron chi connectivity index (χ2n) is 11.5. The number of aromatic hydroxyl groups is 1. The summed E-state index contributed by atoms with van der Waals surface area (Å²) in [5.74, 6) is 8.81. The van der Waals surface area contributed by atoms with Gasteiger partial charge in [0.1, 0.15) is 5.75 Å². The molecule has 1 aromatic rings. The first-order valence-electron chi connectivity index (χ1n) is 12.7. The quantitative estimate of drug-likeness (QED) is 0.615. The van der Waals surface area contributed by atoms with Crippen LogP contribution >= 0.6 is 0 Å². The Bertz CT molecular complexity index is 930. The van der Waals surface area contributed by atoms with Crippen molar-refractivity contribution in [3.05, 3.63) is 29.3 Å². The Morgan fingerprint density at radius 2 is 2.03 bits per heavy atom. The van der Waals surface area contributed by atoms with Gasteiger partial charge < -0.3 is 20.7 Å². The summed E-state index contributed by atoms with van der Waals surface area (Å²) in [6.07, 6.45) is 10.2. The maximum absolute atomic E-state index is 10.1. The van der Waals surface area contributed by atoms with E-state index in [0.717, 1.165) is 37.7 Å². The lowest BCUT2D eigenvalue weighted by atomic mass is 9.48. The van der Waals surface area contributed by atoms with Gasteiger partial charge in [-0.15, -0.1) is 0 Å². The Kier molecular flexibility index (Phi) is 5.60. The van der Waals surface area contributed by atoms with E-state index in [0.29, 0.717) is 30.4 Å². The molecule has 6 atom stereocenters. The SMILES string of the molecule is CC1(C)O[C@@]23CC[C@@H]1[C@](N)(CCCO)[C@H]2C#CCc1cc(O)ccc1C[C@@H]1CCC[C@H]3C1. The molecule has 174 valence electrons. The highest BCUT2D eigenvalue weighted by Crippen LogP contribution is 2.62. The van der Waals surface area contributed by atoms with Crippen molar-refractivity contribution in [2.45, 2.75) is 94.8 Å². The number of aliphatic hydroxyl groups is 1. The van der Waals surface area contributed by atoms with E-state index in [1.165, 1.54) is 24.8 Å². The molecule has 3 aliphatic carbocycles. The fraction of sp³-hybridized carbons (Fsp3) is 0.714. The maximum Gasteiger partial charge on any atom is 0.115 e. The zero-order valence-corrected chi connectivity index (χ0v) is 19.7. The summed E-state index contributed by atoms with van der Waals surface area (Å²) in [7, 11) is 0. The summed E-state index contributed by atoms with van der Waals surface area (Å²) < 4.78 is 7.11. The van der Waals surface area contributed by atoms with Gasteiger partial charge in [0.05, 0.1) is 17.1 Å². The molecular weight excluding hydrogens is 398 g/mol. The number of fused-ring (bicyclic) bond motifs is 5. The van der Waals surface area contributed by atoms with Gasteiger partial charge in [-0.3, -0.25) is 0 Å². The third-order valence-corrected chi connectivity index (χ3v) is 9.26. The van der Waals surface area contributed by atoms with Crippen LogP contribution in [0.4, 0.5) is 0 Å². The van der Waals surface area contributed by atoms with Gasteiger partial charge in [-0.05, 0) is 93.9 Å². The first-order valence-corrected chi connectivity index (χ1v) is 12.7. The average Bonchev–Trinajstić information content (AvgIpc) is 2.76. The van der Waals surface area contributed by atoms with E-state index in [-0.39, 0.29) is 29.6 Å². The molecule has 2 saturated carbocycles. The van der Waals surface area contributed by atoms with Crippen molar-refractivity contribution in [2.24, 2.45) is 29.4 Å². The maximum atomic E-state index is 10.1. The van der Waals surface area contributed by atoms with E-state index in [4.69, 9.17) is 10.5 Å². The van der Waals surface area contributed by atoms with Crippen molar-refractivity contribution in [1.29, 1.82) is 0 Å². The largest absolute Gasteiger partial charge is 0.508 e. The van der Waals surface area contributed by atoms with Crippen LogP contribution < -0.4 is 5.73 Å². The van der Waals surface area contributed by atoms with Crippen molar-refractivity contribution < 1.29 is 14.9 Å². The van der Waals surface area contributed by atoms with Crippen molar-refractivity contribution in [1.82, 2.24) is 0 Å². The lowest BCUT2D eigenvalue weighted by Crippen LogP contribution is -2.77. The van der Waals surface area contributed by atoms with Crippen LogP contribution in [0.5, 0.6) is 5.75 Å². The van der Waals surface area contributed by atoms with Crippen LogP contribution in [0.3, 0.4) is 0 Å². The molecule has 1 spiro atoms. The van der Waals surface area contributed by atoms with E-state index in [2.05, 4.69) is 31.8 Å². The molecule has 4 heteroatoms. The third kappa shape index (κ3) is 3.49. The number of hydrogen-bond donors (Lipinski definition) is 3. The number of hydrogen-bond acceptors (Lipinski definition) is 4. The van der Waals surface area contributed by atoms with Crippen molar-refractivity contribution in [2.75, 3.05) is 6.61 Å². The number of aliphatic hydroxyl groups excluding tert-OH is 1. The zero-order valence-electron chi connectivity index (χ0n) is 19.7. The molecule has 4 nitrogen and oxygen atoms in total. The Labute approximate surface area is 192 Å². The standard InChI is InChI=1S/C28H39NO3/c1-26(2)24-12-14-28(32-26)22-8-3-6-19(17-22)16-21-10-11-23(31)18-20(21)7-4-9-25(28)27(24,29)13-5-15-30/h10-11,18-19,22,24-25,30-31H,3,5-8,12-17,29H2,1-2H3/t19-,22-,24-,25+,27+,28+/m0/s1. The molecule has 0 amide bonds. The number of phenolic OH excluding ortho intramolecular Hbond substituents is 1. The predicted octanol–water partition coefficient (Wildman–Crippen LogP) is 4.34. The van der Waals surface area contributed by atoms with Gasteiger partial charge in [-0.2, -0.15) is 0 Å². The van der Waals surface area contributed by atoms with Crippen LogP contribution in [0.1, 0.15) is 76.3 Å². The topological polar surface area (TPSA) is 75.7 Å². The molecule has 6 rings (SSSR count). The first kappa shape index (κ1) is 22.3. The molecule has 5 aliphatic rings. The summed E-state index contributed by atoms with van der Waals surface area (Å²) in [6.45, 7) is 4.62. The smallest absolute Gasteiger partial charge is 0.115 e. The number of nitrogens with two attached hydrogens (primary N) is 1. The molecule has 2 saturated heterocycles. The minimum atomic E-state index is -0.446. The molecule has 0 unspecified atom stereocenters. The number of phenols is 1. The lowest BCUT2D eigenvalue weighted by molar-refractivity contribution is -0.305. The summed E-state index contributed by atoms with van der Waals surface area (Å²) in [5.41, 5.74) is 8.82. The Morgan fingerprint density at radius 3 is 2.81 bits per heavy atom. The second kappa shape index (κ2) is 8.05. The van der Waals surface area contributed by atoms with E-state index < -0.39 is 5.54 Å². The summed E-state index contributed by atoms with van der Waals surface area (Å²) >= 11 is 0. The van der Waals surface area contributed by atoms with Gasteiger partial charge in [-0.1, -0.05) is 30.7 Å². The van der Waals surface area contributed by atoms with Gasteiger partial charge in [-0.25, -0.2) is 0 Å². The summed E-state index contributed by atoms with van der Waals surface area (Å²) in [4.78, 5) is 0. The Balaban J connectivity index is 1.63. The fourth-order valence-electron chi connectivity index (χ4n) is 8.04. The monoisotopic (exact) mass is 437 g/mol. The van der Waals surface area contributed by atoms with Crippen LogP contribution in [-0.4, -0.2) is 33.6 Å². The van der Waals surface area contributed by atoms with Crippen LogP contribution in [0, 0.1) is 35.5 Å². The number of benzene rings is 1. The van der Waals surface area contributed by atoms with E-state index >= 15 is 0 Å². The van der Waals surface area contributed by atoms with Crippen molar-refractivity contribution in [3.63, 3.8) is 0 Å². The number of ether oxygens (including phenoxy) is 1. The Hall–Kier alpha value is -1.54. The predicted molar refractivity (Wildman–Crippen MR) is 126 cm³/mol. The van der Waals surface area contributed by atoms with Crippen LogP contribution in [0.25, 0.3) is 0 Å². The molecule has 0 radical (unpaired) electrons. The fourth-order valence-corrected chi connectivity index (χ4v) is 8.04. The highest BCUT2D eigenvalue weighted by Gasteiger charge is 2.68. The van der Waals surface area contributed by atoms with Crippen LogP contribution in [-0.2, 0) is 17.6 Å². The highest BCUT2D eigenvalue weighted by molar-refractivity contribution is 5.39. The molecule has 1 aromatic carbocycles. The molecular formula is C28H39NO3. The highest BCUT2D eigenvalue weighted by atomic mass is 16.5. The molecule has 2 aliphatic heterocycles. The van der Waals surface area contributed by atoms with Crippen LogP contribution in [0.2, 0.25) is 0 Å². The average molecular weight is 438 g/mol. The molecule has 2 heterocycles. The van der Waals surface area contributed by atoms with Crippen molar-refractivity contribution in [3.8, 4) is 17.6 Å². The van der Waals surface area contributed by atoms with Gasteiger partial charge in [0.15, 0.2) is 0 Å². The summed E-state index contributed by atoms with van der Waals surface area (Å²) in [5, 5.41) is 19.8. The van der Waals surface area contributed by atoms with Gasteiger partial charge in [0.2, 0.25) is 0 Å². The normalized spacial score (nSPS) is 39.8. The third-order valence-electron chi connectivity index (χ3n) is 9.26. The molecule has 32 heavy (non-hydrogen) atoms. The molecule has 4 bridgehead atoms. The second-order valence-corrected chi connectivity index (χ2v) is 11.5. The molecule has 0 aromatic heterocycles. The van der Waals surface area contributed by atoms with Crippen molar-refractivity contribution >= 4 is 0 Å². The first-order chi connectivity index (χ1) is 15.3. The van der Waals surface area contributed by atoms with Gasteiger partial charge in [0.25, 0.3) is 0 Å². The molecule has 4 N–H and O–H groups in total. The van der Waals surface area contributed by atoms with E-state index in [9.17, 15) is 10.2 Å². The lowest BCUT2D eigenvalue weighted by Gasteiger charge is -2.68. The van der Waals surface area contributed by atoms with Gasteiger partial charge in [0, 0.05) is 24.5 Å². The Morgan fingerprint density at radius 1 is 1.19 bits per heavy atom.